The van der Waals surface area contributed by atoms with Gasteiger partial charge in [-0.3, -0.25) is 0 Å². The first-order chi connectivity index (χ1) is 22.7. The first kappa shape index (κ1) is 26.8. The summed E-state index contributed by atoms with van der Waals surface area (Å²) in [6, 6.07) is 56.8. The molecule has 0 saturated carbocycles. The minimum absolute atomic E-state index is 0.672. The van der Waals surface area contributed by atoms with Crippen LogP contribution in [-0.2, 0) is 0 Å². The highest BCUT2D eigenvalue weighted by atomic mass is 32.1. The highest BCUT2D eigenvalue weighted by molar-refractivity contribution is 7.26. The molecule has 0 fully saturated rings. The number of benzene rings is 7. The van der Waals surface area contributed by atoms with E-state index in [0.717, 1.165) is 33.4 Å². The van der Waals surface area contributed by atoms with Gasteiger partial charge >= 0.3 is 0 Å². The molecule has 214 valence electrons. The molecule has 0 aliphatic heterocycles. The van der Waals surface area contributed by atoms with Crippen LogP contribution in [0.25, 0.3) is 84.9 Å². The topological polar surface area (TPSA) is 23.8 Å². The Hall–Kier alpha value is -5.53. The zero-order valence-corrected chi connectivity index (χ0v) is 26.3. The van der Waals surface area contributed by atoms with Crippen molar-refractivity contribution in [2.24, 2.45) is 0 Å². The molecule has 0 bridgehead atoms. The second kappa shape index (κ2) is 10.8. The average molecular weight is 620 g/mol. The average Bonchev–Trinajstić information content (AvgIpc) is 3.69. The number of hydrogen-bond donors (Lipinski definition) is 0. The Kier molecular flexibility index (Phi) is 6.31. The third-order valence-electron chi connectivity index (χ3n) is 8.94. The number of nitriles is 1. The van der Waals surface area contributed by atoms with Crippen LogP contribution in [0.3, 0.4) is 0 Å². The summed E-state index contributed by atoms with van der Waals surface area (Å²) in [6.45, 7) is 0. The van der Waals surface area contributed by atoms with Gasteiger partial charge in [-0.05, 0) is 93.0 Å². The van der Waals surface area contributed by atoms with Crippen molar-refractivity contribution in [1.29, 1.82) is 5.26 Å². The zero-order chi connectivity index (χ0) is 30.6. The number of hydrogen-bond acceptors (Lipinski definition) is 3. The summed E-state index contributed by atoms with van der Waals surface area (Å²) in [7, 11) is 0. The van der Waals surface area contributed by atoms with Crippen LogP contribution in [-0.4, -0.2) is 0 Å². The first-order valence-corrected chi connectivity index (χ1v) is 16.9. The maximum absolute atomic E-state index is 10.1. The van der Waals surface area contributed by atoms with E-state index in [9.17, 15) is 5.26 Å². The SMILES string of the molecule is N#Cc1ccccc1-c1cc(-c2ccc3c(c2)sc2ccccc23)c(-c2ccccc2)c(-c2ccc3sc4ccccc4c3c2)c1. The van der Waals surface area contributed by atoms with Gasteiger partial charge in [0.15, 0.2) is 0 Å². The molecule has 0 saturated heterocycles. The fraction of sp³-hybridized carbons (Fsp3) is 0. The summed E-state index contributed by atoms with van der Waals surface area (Å²) in [4.78, 5) is 0. The van der Waals surface area contributed by atoms with Crippen LogP contribution in [0.2, 0.25) is 0 Å². The van der Waals surface area contributed by atoms with E-state index in [1.807, 2.05) is 40.9 Å². The molecule has 0 unspecified atom stereocenters. The maximum Gasteiger partial charge on any atom is 0.0998 e. The molecule has 1 nitrogen and oxygen atoms in total. The van der Waals surface area contributed by atoms with Gasteiger partial charge in [0.05, 0.1) is 11.6 Å². The van der Waals surface area contributed by atoms with Gasteiger partial charge in [0.2, 0.25) is 0 Å². The van der Waals surface area contributed by atoms with Gasteiger partial charge in [0.25, 0.3) is 0 Å². The van der Waals surface area contributed by atoms with Crippen molar-refractivity contribution < 1.29 is 0 Å². The van der Waals surface area contributed by atoms with Crippen LogP contribution >= 0.6 is 22.7 Å². The van der Waals surface area contributed by atoms with Crippen molar-refractivity contribution in [2.75, 3.05) is 0 Å². The summed E-state index contributed by atoms with van der Waals surface area (Å²) in [5.41, 5.74) is 9.64. The molecule has 7 aromatic carbocycles. The predicted molar refractivity (Wildman–Crippen MR) is 199 cm³/mol. The number of fused-ring (bicyclic) bond motifs is 6. The number of nitrogens with zero attached hydrogens (tertiary/aromatic N) is 1. The maximum atomic E-state index is 10.1. The molecule has 0 spiro atoms. The molecule has 2 aromatic heterocycles. The molecule has 3 heteroatoms. The standard InChI is InChI=1S/C43H25NS2/c44-26-30-12-4-5-13-32(30)31-23-36(28-19-21-41-38(22-28)34-15-7-9-17-40(34)45-41)43(27-10-2-1-3-11-27)37(24-31)29-18-20-35-33-14-6-8-16-39(33)46-42(35)25-29/h1-25H. The first-order valence-electron chi connectivity index (χ1n) is 15.3. The third-order valence-corrected chi connectivity index (χ3v) is 11.2. The van der Waals surface area contributed by atoms with E-state index in [2.05, 4.69) is 140 Å². The van der Waals surface area contributed by atoms with Crippen molar-refractivity contribution in [2.45, 2.75) is 0 Å². The fourth-order valence-electron chi connectivity index (χ4n) is 6.79. The predicted octanol–water partition coefficient (Wildman–Crippen LogP) is 13.0. The molecule has 0 N–H and O–H groups in total. The lowest BCUT2D eigenvalue weighted by Crippen LogP contribution is -1.94. The van der Waals surface area contributed by atoms with E-state index in [1.54, 1.807) is 0 Å². The molecule has 0 amide bonds. The van der Waals surface area contributed by atoms with Crippen LogP contribution in [0.1, 0.15) is 5.56 Å². The monoisotopic (exact) mass is 619 g/mol. The van der Waals surface area contributed by atoms with Gasteiger partial charge in [0, 0.05) is 40.3 Å². The van der Waals surface area contributed by atoms with E-state index >= 15 is 0 Å². The summed E-state index contributed by atoms with van der Waals surface area (Å²) < 4.78 is 5.15. The number of thiophene rings is 2. The lowest BCUT2D eigenvalue weighted by molar-refractivity contribution is 1.47. The summed E-state index contributed by atoms with van der Waals surface area (Å²) in [5.74, 6) is 0. The van der Waals surface area contributed by atoms with Crippen molar-refractivity contribution in [3.63, 3.8) is 0 Å². The highest BCUT2D eigenvalue weighted by Crippen LogP contribution is 2.46. The second-order valence-electron chi connectivity index (χ2n) is 11.6. The molecule has 9 aromatic rings. The van der Waals surface area contributed by atoms with E-state index in [0.29, 0.717) is 5.56 Å². The van der Waals surface area contributed by atoms with Gasteiger partial charge in [-0.15, -0.1) is 22.7 Å². The van der Waals surface area contributed by atoms with Crippen LogP contribution in [0.15, 0.2) is 152 Å². The van der Waals surface area contributed by atoms with Gasteiger partial charge in [-0.1, -0.05) is 103 Å². The Bertz CT molecular complexity index is 2650. The van der Waals surface area contributed by atoms with Crippen LogP contribution in [0.5, 0.6) is 0 Å². The minimum Gasteiger partial charge on any atom is -0.192 e. The molecular weight excluding hydrogens is 595 g/mol. The summed E-state index contributed by atoms with van der Waals surface area (Å²) in [6.07, 6.45) is 0. The van der Waals surface area contributed by atoms with Crippen molar-refractivity contribution in [3.8, 4) is 50.6 Å². The van der Waals surface area contributed by atoms with E-state index in [-0.39, 0.29) is 0 Å². The van der Waals surface area contributed by atoms with Crippen molar-refractivity contribution in [3.05, 3.63) is 157 Å². The molecule has 46 heavy (non-hydrogen) atoms. The van der Waals surface area contributed by atoms with E-state index < -0.39 is 0 Å². The molecule has 0 aliphatic rings. The number of rotatable bonds is 4. The van der Waals surface area contributed by atoms with Crippen molar-refractivity contribution in [1.82, 2.24) is 0 Å². The molecular formula is C43H25NS2. The van der Waals surface area contributed by atoms with Crippen LogP contribution in [0, 0.1) is 11.3 Å². The molecule has 0 atom stereocenters. The Balaban J connectivity index is 1.39. The van der Waals surface area contributed by atoms with Gasteiger partial charge in [-0.25, -0.2) is 0 Å². The normalized spacial score (nSPS) is 11.5. The van der Waals surface area contributed by atoms with Gasteiger partial charge in [-0.2, -0.15) is 5.26 Å². The molecule has 2 heterocycles. The third kappa shape index (κ3) is 4.35. The Morgan fingerprint density at radius 1 is 0.370 bits per heavy atom. The largest absolute Gasteiger partial charge is 0.192 e. The zero-order valence-electron chi connectivity index (χ0n) is 24.7. The van der Waals surface area contributed by atoms with Gasteiger partial charge < -0.3 is 0 Å². The summed E-state index contributed by atoms with van der Waals surface area (Å²) >= 11 is 3.68. The Morgan fingerprint density at radius 3 is 1.70 bits per heavy atom. The smallest absolute Gasteiger partial charge is 0.0998 e. The van der Waals surface area contributed by atoms with Crippen LogP contribution < -0.4 is 0 Å². The van der Waals surface area contributed by atoms with Crippen molar-refractivity contribution >= 4 is 63.0 Å². The molecule has 0 aliphatic carbocycles. The van der Waals surface area contributed by atoms with E-state index in [1.165, 1.54) is 51.5 Å². The molecule has 0 radical (unpaired) electrons. The highest BCUT2D eigenvalue weighted by Gasteiger charge is 2.20. The fourth-order valence-corrected chi connectivity index (χ4v) is 9.02. The van der Waals surface area contributed by atoms with Gasteiger partial charge in [0.1, 0.15) is 0 Å². The summed E-state index contributed by atoms with van der Waals surface area (Å²) in [5, 5.41) is 15.3. The van der Waals surface area contributed by atoms with Crippen LogP contribution in [0.4, 0.5) is 0 Å². The Labute approximate surface area is 274 Å². The lowest BCUT2D eigenvalue weighted by Gasteiger charge is -2.20. The minimum atomic E-state index is 0.672. The van der Waals surface area contributed by atoms with E-state index in [4.69, 9.17) is 0 Å². The quantitative estimate of drug-likeness (QED) is 0.192. The Morgan fingerprint density at radius 2 is 0.935 bits per heavy atom. The second-order valence-corrected chi connectivity index (χ2v) is 13.8. The molecule has 9 rings (SSSR count). The lowest BCUT2D eigenvalue weighted by atomic mass is 9.84.